The summed E-state index contributed by atoms with van der Waals surface area (Å²) in [4.78, 5) is 14.3. The maximum absolute atomic E-state index is 10.5. The van der Waals surface area contributed by atoms with Crippen LogP contribution in [0.5, 0.6) is 0 Å². The summed E-state index contributed by atoms with van der Waals surface area (Å²) in [6, 6.07) is 1.48. The SMILES string of the molecule is O=[N+]([O-])c1ccnc2c1CCC2. The normalized spacial score (nSPS) is 14.3. The van der Waals surface area contributed by atoms with Crippen molar-refractivity contribution in [3.05, 3.63) is 33.6 Å². The monoisotopic (exact) mass is 164 g/mol. The van der Waals surface area contributed by atoms with Crippen molar-refractivity contribution >= 4 is 5.69 Å². The van der Waals surface area contributed by atoms with Crippen molar-refractivity contribution in [3.63, 3.8) is 0 Å². The fourth-order valence-electron chi connectivity index (χ4n) is 1.62. The van der Waals surface area contributed by atoms with E-state index in [9.17, 15) is 10.1 Å². The first kappa shape index (κ1) is 7.21. The Labute approximate surface area is 69.4 Å². The molecular weight excluding hydrogens is 156 g/mol. The molecule has 1 heterocycles. The molecule has 0 atom stereocenters. The van der Waals surface area contributed by atoms with E-state index in [4.69, 9.17) is 0 Å². The Morgan fingerprint density at radius 1 is 1.50 bits per heavy atom. The van der Waals surface area contributed by atoms with Gasteiger partial charge >= 0.3 is 0 Å². The Balaban J connectivity index is 2.56. The van der Waals surface area contributed by atoms with Crippen LogP contribution in [0.2, 0.25) is 0 Å². The highest BCUT2D eigenvalue weighted by molar-refractivity contribution is 5.44. The molecule has 1 aromatic heterocycles. The molecular formula is C8H8N2O2. The number of hydrogen-bond acceptors (Lipinski definition) is 3. The van der Waals surface area contributed by atoms with E-state index < -0.39 is 0 Å². The summed E-state index contributed by atoms with van der Waals surface area (Å²) < 4.78 is 0. The largest absolute Gasteiger partial charge is 0.275 e. The minimum Gasteiger partial charge on any atom is -0.261 e. The highest BCUT2D eigenvalue weighted by Crippen LogP contribution is 2.27. The van der Waals surface area contributed by atoms with Crippen LogP contribution < -0.4 is 0 Å². The van der Waals surface area contributed by atoms with Gasteiger partial charge in [-0.3, -0.25) is 15.1 Å². The topological polar surface area (TPSA) is 56.0 Å². The summed E-state index contributed by atoms with van der Waals surface area (Å²) in [7, 11) is 0. The van der Waals surface area contributed by atoms with Crippen LogP contribution in [0.15, 0.2) is 12.3 Å². The highest BCUT2D eigenvalue weighted by Gasteiger charge is 2.21. The van der Waals surface area contributed by atoms with E-state index >= 15 is 0 Å². The number of nitro groups is 1. The van der Waals surface area contributed by atoms with Gasteiger partial charge in [-0.15, -0.1) is 0 Å². The predicted octanol–water partition coefficient (Wildman–Crippen LogP) is 1.48. The quantitative estimate of drug-likeness (QED) is 0.466. The van der Waals surface area contributed by atoms with Crippen LogP contribution in [-0.2, 0) is 12.8 Å². The van der Waals surface area contributed by atoms with Gasteiger partial charge in [0.1, 0.15) is 0 Å². The minimum absolute atomic E-state index is 0.234. The molecule has 2 rings (SSSR count). The van der Waals surface area contributed by atoms with E-state index in [1.54, 1.807) is 0 Å². The molecule has 1 aliphatic carbocycles. The number of aryl methyl sites for hydroxylation is 1. The van der Waals surface area contributed by atoms with Crippen molar-refractivity contribution in [2.24, 2.45) is 0 Å². The summed E-state index contributed by atoms with van der Waals surface area (Å²) in [6.45, 7) is 0. The van der Waals surface area contributed by atoms with Gasteiger partial charge < -0.3 is 0 Å². The molecule has 4 heteroatoms. The molecule has 0 bridgehead atoms. The van der Waals surface area contributed by atoms with E-state index in [2.05, 4.69) is 4.98 Å². The zero-order chi connectivity index (χ0) is 8.55. The van der Waals surface area contributed by atoms with E-state index in [1.807, 2.05) is 0 Å². The van der Waals surface area contributed by atoms with Crippen molar-refractivity contribution in [1.82, 2.24) is 4.98 Å². The van der Waals surface area contributed by atoms with Crippen molar-refractivity contribution in [2.45, 2.75) is 19.3 Å². The Bertz CT molecular complexity index is 336. The number of hydrogen-bond donors (Lipinski definition) is 0. The van der Waals surface area contributed by atoms with Gasteiger partial charge in [-0.1, -0.05) is 0 Å². The van der Waals surface area contributed by atoms with Crippen LogP contribution in [0.25, 0.3) is 0 Å². The van der Waals surface area contributed by atoms with Crippen LogP contribution in [-0.4, -0.2) is 9.91 Å². The number of rotatable bonds is 1. The second kappa shape index (κ2) is 2.55. The molecule has 1 aromatic rings. The lowest BCUT2D eigenvalue weighted by molar-refractivity contribution is -0.385. The first-order valence-corrected chi connectivity index (χ1v) is 3.90. The fraction of sp³-hybridized carbons (Fsp3) is 0.375. The van der Waals surface area contributed by atoms with Crippen molar-refractivity contribution in [1.29, 1.82) is 0 Å². The summed E-state index contributed by atoms with van der Waals surface area (Å²) in [6.07, 6.45) is 4.20. The minimum atomic E-state index is -0.328. The van der Waals surface area contributed by atoms with Gasteiger partial charge in [-0.2, -0.15) is 0 Å². The third-order valence-electron chi connectivity index (χ3n) is 2.16. The zero-order valence-corrected chi connectivity index (χ0v) is 6.49. The summed E-state index contributed by atoms with van der Waals surface area (Å²) in [5, 5.41) is 10.5. The summed E-state index contributed by atoms with van der Waals surface area (Å²) in [5.41, 5.74) is 1.98. The molecule has 62 valence electrons. The van der Waals surface area contributed by atoms with Gasteiger partial charge in [0.2, 0.25) is 0 Å². The lowest BCUT2D eigenvalue weighted by Crippen LogP contribution is -1.95. The fourth-order valence-corrected chi connectivity index (χ4v) is 1.62. The predicted molar refractivity (Wildman–Crippen MR) is 42.9 cm³/mol. The number of fused-ring (bicyclic) bond motifs is 1. The second-order valence-corrected chi connectivity index (χ2v) is 2.87. The molecule has 0 aliphatic heterocycles. The molecule has 0 unspecified atom stereocenters. The van der Waals surface area contributed by atoms with Crippen molar-refractivity contribution in [3.8, 4) is 0 Å². The van der Waals surface area contributed by atoms with E-state index in [0.29, 0.717) is 0 Å². The molecule has 0 amide bonds. The van der Waals surface area contributed by atoms with Gasteiger partial charge in [0, 0.05) is 12.3 Å². The third-order valence-corrected chi connectivity index (χ3v) is 2.16. The average molecular weight is 164 g/mol. The number of nitrogens with zero attached hydrogens (tertiary/aromatic N) is 2. The van der Waals surface area contributed by atoms with Gasteiger partial charge in [0.25, 0.3) is 5.69 Å². The average Bonchev–Trinajstić information content (AvgIpc) is 2.49. The van der Waals surface area contributed by atoms with Crippen LogP contribution in [0.3, 0.4) is 0 Å². The van der Waals surface area contributed by atoms with Gasteiger partial charge in [0.05, 0.1) is 16.2 Å². The number of aromatic nitrogens is 1. The standard InChI is InChI=1S/C8H8N2O2/c11-10(12)8-4-5-9-7-3-1-2-6(7)8/h4-5H,1-3H2. The molecule has 0 fully saturated rings. The Hall–Kier alpha value is -1.45. The lowest BCUT2D eigenvalue weighted by Gasteiger charge is -1.97. The molecule has 0 N–H and O–H groups in total. The van der Waals surface area contributed by atoms with Gasteiger partial charge in [-0.05, 0) is 19.3 Å². The second-order valence-electron chi connectivity index (χ2n) is 2.87. The lowest BCUT2D eigenvalue weighted by atomic mass is 10.2. The van der Waals surface area contributed by atoms with Crippen molar-refractivity contribution < 1.29 is 4.92 Å². The first-order valence-electron chi connectivity index (χ1n) is 3.90. The molecule has 4 nitrogen and oxygen atoms in total. The maximum atomic E-state index is 10.5. The first-order chi connectivity index (χ1) is 5.79. The number of pyridine rings is 1. The van der Waals surface area contributed by atoms with E-state index in [0.717, 1.165) is 30.5 Å². The van der Waals surface area contributed by atoms with E-state index in [1.165, 1.54) is 12.3 Å². The maximum Gasteiger partial charge on any atom is 0.275 e. The van der Waals surface area contributed by atoms with Gasteiger partial charge in [0.15, 0.2) is 0 Å². The third kappa shape index (κ3) is 0.958. The Morgan fingerprint density at radius 3 is 3.08 bits per heavy atom. The Kier molecular flexibility index (Phi) is 1.53. The summed E-state index contributed by atoms with van der Waals surface area (Å²) in [5.74, 6) is 0. The molecule has 1 aliphatic rings. The molecule has 0 radical (unpaired) electrons. The molecule has 12 heavy (non-hydrogen) atoms. The molecule has 0 saturated carbocycles. The summed E-state index contributed by atoms with van der Waals surface area (Å²) >= 11 is 0. The van der Waals surface area contributed by atoms with E-state index in [-0.39, 0.29) is 10.6 Å². The van der Waals surface area contributed by atoms with Crippen LogP contribution in [0.4, 0.5) is 5.69 Å². The Morgan fingerprint density at radius 2 is 2.33 bits per heavy atom. The zero-order valence-electron chi connectivity index (χ0n) is 6.49. The van der Waals surface area contributed by atoms with Crippen molar-refractivity contribution in [2.75, 3.05) is 0 Å². The molecule has 0 saturated heterocycles. The smallest absolute Gasteiger partial charge is 0.261 e. The van der Waals surface area contributed by atoms with Crippen LogP contribution >= 0.6 is 0 Å². The van der Waals surface area contributed by atoms with Crippen LogP contribution in [0, 0.1) is 10.1 Å². The van der Waals surface area contributed by atoms with Crippen LogP contribution in [0.1, 0.15) is 17.7 Å². The highest BCUT2D eigenvalue weighted by atomic mass is 16.6. The van der Waals surface area contributed by atoms with Gasteiger partial charge in [-0.25, -0.2) is 0 Å². The molecule has 0 spiro atoms. The molecule has 0 aromatic carbocycles.